The van der Waals surface area contributed by atoms with Crippen molar-refractivity contribution in [2.75, 3.05) is 20.1 Å². The Balaban J connectivity index is 2.46. The molecule has 0 aliphatic carbocycles. The highest BCUT2D eigenvalue weighted by molar-refractivity contribution is 5.80. The van der Waals surface area contributed by atoms with Crippen molar-refractivity contribution in [3.63, 3.8) is 0 Å². The zero-order chi connectivity index (χ0) is 12.8. The van der Waals surface area contributed by atoms with Crippen LogP contribution in [-0.4, -0.2) is 36.9 Å². The van der Waals surface area contributed by atoms with Gasteiger partial charge in [-0.25, -0.2) is 0 Å². The molecule has 0 aromatic heterocycles. The van der Waals surface area contributed by atoms with Crippen molar-refractivity contribution in [3.05, 3.63) is 0 Å². The number of nitrogens with one attached hydrogen (secondary N) is 1. The van der Waals surface area contributed by atoms with E-state index >= 15 is 0 Å². The number of carbonyl (C=O) groups excluding carboxylic acids is 2. The van der Waals surface area contributed by atoms with Gasteiger partial charge in [0.05, 0.1) is 0 Å². The minimum atomic E-state index is 0.0887. The van der Waals surface area contributed by atoms with Crippen LogP contribution in [0.15, 0.2) is 0 Å². The molecule has 1 saturated heterocycles. The molecule has 0 bridgehead atoms. The molecule has 1 rings (SSSR count). The first kappa shape index (κ1) is 14.0. The molecule has 17 heavy (non-hydrogen) atoms. The van der Waals surface area contributed by atoms with Crippen LogP contribution in [0, 0.1) is 11.8 Å². The van der Waals surface area contributed by atoms with Crippen molar-refractivity contribution in [2.24, 2.45) is 11.8 Å². The Hall–Kier alpha value is -1.06. The second-order valence-electron chi connectivity index (χ2n) is 4.73. The zero-order valence-electron chi connectivity index (χ0n) is 11.2. The van der Waals surface area contributed by atoms with E-state index in [4.69, 9.17) is 0 Å². The van der Waals surface area contributed by atoms with E-state index < -0.39 is 0 Å². The summed E-state index contributed by atoms with van der Waals surface area (Å²) in [4.78, 5) is 25.5. The lowest BCUT2D eigenvalue weighted by Crippen LogP contribution is -2.44. The van der Waals surface area contributed by atoms with Gasteiger partial charge in [-0.15, -0.1) is 0 Å². The predicted molar refractivity (Wildman–Crippen MR) is 67.4 cm³/mol. The van der Waals surface area contributed by atoms with E-state index in [0.717, 1.165) is 38.8 Å². The molecule has 1 aliphatic heterocycles. The largest absolute Gasteiger partial charge is 0.359 e. The third-order valence-corrected chi connectivity index (χ3v) is 3.76. The van der Waals surface area contributed by atoms with Gasteiger partial charge in [0.2, 0.25) is 11.8 Å². The van der Waals surface area contributed by atoms with Gasteiger partial charge in [-0.2, -0.15) is 0 Å². The summed E-state index contributed by atoms with van der Waals surface area (Å²) in [7, 11) is 1.67. The maximum atomic E-state index is 12.1. The van der Waals surface area contributed by atoms with Gasteiger partial charge >= 0.3 is 0 Å². The first-order chi connectivity index (χ1) is 8.13. The average molecular weight is 240 g/mol. The van der Waals surface area contributed by atoms with Crippen molar-refractivity contribution >= 4 is 11.8 Å². The minimum absolute atomic E-state index is 0.0887. The second kappa shape index (κ2) is 6.62. The van der Waals surface area contributed by atoms with Crippen molar-refractivity contribution in [2.45, 2.75) is 39.5 Å². The van der Waals surface area contributed by atoms with E-state index in [0.29, 0.717) is 0 Å². The summed E-state index contributed by atoms with van der Waals surface area (Å²) >= 11 is 0. The third kappa shape index (κ3) is 3.45. The van der Waals surface area contributed by atoms with Crippen LogP contribution in [0.1, 0.15) is 39.5 Å². The van der Waals surface area contributed by atoms with Crippen LogP contribution in [-0.2, 0) is 9.59 Å². The molecule has 1 N–H and O–H groups in total. The summed E-state index contributed by atoms with van der Waals surface area (Å²) in [5.74, 6) is 0.627. The Bertz CT molecular complexity index is 267. The minimum Gasteiger partial charge on any atom is -0.359 e. The molecule has 2 amide bonds. The molecule has 0 aromatic carbocycles. The van der Waals surface area contributed by atoms with Gasteiger partial charge in [0.1, 0.15) is 0 Å². The second-order valence-corrected chi connectivity index (χ2v) is 4.73. The molecule has 0 unspecified atom stereocenters. The van der Waals surface area contributed by atoms with Gasteiger partial charge in [0.15, 0.2) is 0 Å². The smallest absolute Gasteiger partial charge is 0.225 e. The van der Waals surface area contributed by atoms with Crippen LogP contribution in [0.2, 0.25) is 0 Å². The normalized spacial score (nSPS) is 17.3. The fraction of sp³-hybridized carbons (Fsp3) is 0.846. The molecule has 4 nitrogen and oxygen atoms in total. The van der Waals surface area contributed by atoms with E-state index in [2.05, 4.69) is 19.2 Å². The van der Waals surface area contributed by atoms with Crippen LogP contribution < -0.4 is 5.32 Å². The van der Waals surface area contributed by atoms with Crippen LogP contribution in [0.25, 0.3) is 0 Å². The van der Waals surface area contributed by atoms with Crippen LogP contribution >= 0.6 is 0 Å². The van der Waals surface area contributed by atoms with E-state index in [1.807, 2.05) is 4.90 Å². The van der Waals surface area contributed by atoms with Crippen molar-refractivity contribution < 1.29 is 9.59 Å². The molecule has 0 radical (unpaired) electrons. The lowest BCUT2D eigenvalue weighted by atomic mass is 9.94. The molecule has 98 valence electrons. The summed E-state index contributed by atoms with van der Waals surface area (Å²) in [6.45, 7) is 5.58. The monoisotopic (exact) mass is 240 g/mol. The molecule has 0 saturated carbocycles. The standard InChI is InChI=1S/C13H24N2O2/c1-4-10(5-2)13(17)15-8-6-11(7-9-15)12(16)14-3/h10-11H,4-9H2,1-3H3,(H,14,16). The number of nitrogens with zero attached hydrogens (tertiary/aromatic N) is 1. The van der Waals surface area contributed by atoms with E-state index in [1.165, 1.54) is 0 Å². The van der Waals surface area contributed by atoms with Gasteiger partial charge in [0.25, 0.3) is 0 Å². The predicted octanol–water partition coefficient (Wildman–Crippen LogP) is 1.41. The first-order valence-corrected chi connectivity index (χ1v) is 6.64. The van der Waals surface area contributed by atoms with Gasteiger partial charge in [-0.3, -0.25) is 9.59 Å². The highest BCUT2D eigenvalue weighted by Gasteiger charge is 2.28. The molecule has 1 fully saturated rings. The highest BCUT2D eigenvalue weighted by Crippen LogP contribution is 2.20. The summed E-state index contributed by atoms with van der Waals surface area (Å²) in [6.07, 6.45) is 3.41. The maximum absolute atomic E-state index is 12.1. The SMILES string of the molecule is CCC(CC)C(=O)N1CCC(C(=O)NC)CC1. The Morgan fingerprint density at radius 2 is 1.76 bits per heavy atom. The number of piperidine rings is 1. The van der Waals surface area contributed by atoms with E-state index in [-0.39, 0.29) is 23.7 Å². The fourth-order valence-corrected chi connectivity index (χ4v) is 2.46. The van der Waals surface area contributed by atoms with Crippen molar-refractivity contribution in [1.29, 1.82) is 0 Å². The average Bonchev–Trinajstić information content (AvgIpc) is 2.39. The number of rotatable bonds is 4. The quantitative estimate of drug-likeness (QED) is 0.807. The topological polar surface area (TPSA) is 49.4 Å². The zero-order valence-corrected chi connectivity index (χ0v) is 11.2. The van der Waals surface area contributed by atoms with Gasteiger partial charge < -0.3 is 10.2 Å². The number of likely N-dealkylation sites (tertiary alicyclic amines) is 1. The number of hydrogen-bond acceptors (Lipinski definition) is 2. The Labute approximate surface area is 104 Å². The summed E-state index contributed by atoms with van der Waals surface area (Å²) in [6, 6.07) is 0. The van der Waals surface area contributed by atoms with Gasteiger partial charge in [-0.1, -0.05) is 13.8 Å². The molecule has 1 aliphatic rings. The number of hydrogen-bond donors (Lipinski definition) is 1. The summed E-state index contributed by atoms with van der Waals surface area (Å²) in [5, 5.41) is 2.68. The fourth-order valence-electron chi connectivity index (χ4n) is 2.46. The molecular weight excluding hydrogens is 216 g/mol. The molecule has 0 atom stereocenters. The lowest BCUT2D eigenvalue weighted by molar-refractivity contribution is -0.139. The number of carbonyl (C=O) groups is 2. The molecular formula is C13H24N2O2. The van der Waals surface area contributed by atoms with Crippen molar-refractivity contribution in [3.8, 4) is 0 Å². The summed E-state index contributed by atoms with van der Waals surface area (Å²) < 4.78 is 0. The summed E-state index contributed by atoms with van der Waals surface area (Å²) in [5.41, 5.74) is 0. The van der Waals surface area contributed by atoms with E-state index in [1.54, 1.807) is 7.05 Å². The molecule has 4 heteroatoms. The van der Waals surface area contributed by atoms with Crippen molar-refractivity contribution in [1.82, 2.24) is 10.2 Å². The van der Waals surface area contributed by atoms with E-state index in [9.17, 15) is 9.59 Å². The van der Waals surface area contributed by atoms with Crippen LogP contribution in [0.3, 0.4) is 0 Å². The first-order valence-electron chi connectivity index (χ1n) is 6.64. The van der Waals surface area contributed by atoms with Gasteiger partial charge in [-0.05, 0) is 25.7 Å². The lowest BCUT2D eigenvalue weighted by Gasteiger charge is -2.33. The molecule has 0 spiro atoms. The maximum Gasteiger partial charge on any atom is 0.225 e. The van der Waals surface area contributed by atoms with Crippen LogP contribution in [0.4, 0.5) is 0 Å². The highest BCUT2D eigenvalue weighted by atomic mass is 16.2. The van der Waals surface area contributed by atoms with Gasteiger partial charge in [0, 0.05) is 32.0 Å². The third-order valence-electron chi connectivity index (χ3n) is 3.76. The molecule has 1 heterocycles. The Morgan fingerprint density at radius 1 is 1.24 bits per heavy atom. The Kier molecular flexibility index (Phi) is 5.45. The molecule has 0 aromatic rings. The Morgan fingerprint density at radius 3 is 2.18 bits per heavy atom. The number of amides is 2. The van der Waals surface area contributed by atoms with Crippen LogP contribution in [0.5, 0.6) is 0 Å².